The van der Waals surface area contributed by atoms with Crippen LogP contribution in [0.4, 0.5) is 0 Å². The number of morpholine rings is 1. The van der Waals surface area contributed by atoms with E-state index in [1.54, 1.807) is 0 Å². The van der Waals surface area contributed by atoms with Gasteiger partial charge >= 0.3 is 0 Å². The van der Waals surface area contributed by atoms with E-state index in [9.17, 15) is 0 Å². The molecule has 14 heavy (non-hydrogen) atoms. The van der Waals surface area contributed by atoms with E-state index >= 15 is 0 Å². The maximum atomic E-state index is 5.76. The van der Waals surface area contributed by atoms with Crippen LogP contribution in [0, 0.1) is 0 Å². The van der Waals surface area contributed by atoms with Gasteiger partial charge in [0.05, 0.1) is 24.5 Å². The second-order valence-electron chi connectivity index (χ2n) is 5.38. The van der Waals surface area contributed by atoms with Crippen molar-refractivity contribution in [2.24, 2.45) is 0 Å². The van der Waals surface area contributed by atoms with Crippen LogP contribution in [0.5, 0.6) is 0 Å². The quantitative estimate of drug-likeness (QED) is 0.674. The van der Waals surface area contributed by atoms with Crippen LogP contribution < -0.4 is 0 Å². The van der Waals surface area contributed by atoms with Crippen molar-refractivity contribution in [2.75, 3.05) is 19.8 Å². The SMILES string of the molecule is CC(C)(C)OCN1CC2CCC(C1)O2. The van der Waals surface area contributed by atoms with E-state index < -0.39 is 0 Å². The third kappa shape index (κ3) is 2.69. The minimum absolute atomic E-state index is 0.0304. The van der Waals surface area contributed by atoms with Gasteiger partial charge < -0.3 is 9.47 Å². The fourth-order valence-corrected chi connectivity index (χ4v) is 2.09. The molecule has 2 atom stereocenters. The molecule has 2 aliphatic rings. The van der Waals surface area contributed by atoms with E-state index in [4.69, 9.17) is 9.47 Å². The van der Waals surface area contributed by atoms with E-state index in [0.717, 1.165) is 19.8 Å². The molecule has 2 saturated heterocycles. The molecule has 0 spiro atoms. The molecular formula is C11H21NO2. The molecule has 0 radical (unpaired) electrons. The Morgan fingerprint density at radius 1 is 1.21 bits per heavy atom. The lowest BCUT2D eigenvalue weighted by molar-refractivity contribution is -0.113. The number of hydrogen-bond acceptors (Lipinski definition) is 3. The van der Waals surface area contributed by atoms with E-state index in [-0.39, 0.29) is 5.60 Å². The maximum Gasteiger partial charge on any atom is 0.0999 e. The topological polar surface area (TPSA) is 21.7 Å². The second kappa shape index (κ2) is 3.80. The Morgan fingerprint density at radius 2 is 1.79 bits per heavy atom. The Bertz CT molecular complexity index is 188. The van der Waals surface area contributed by atoms with Crippen LogP contribution in [-0.2, 0) is 9.47 Å². The van der Waals surface area contributed by atoms with Gasteiger partial charge in [-0.05, 0) is 33.6 Å². The molecule has 0 aromatic heterocycles. The molecule has 3 nitrogen and oxygen atoms in total. The van der Waals surface area contributed by atoms with Gasteiger partial charge in [-0.1, -0.05) is 0 Å². The molecule has 2 heterocycles. The van der Waals surface area contributed by atoms with Crippen molar-refractivity contribution in [1.82, 2.24) is 4.90 Å². The molecule has 0 N–H and O–H groups in total. The van der Waals surface area contributed by atoms with Gasteiger partial charge in [0.25, 0.3) is 0 Å². The van der Waals surface area contributed by atoms with Gasteiger partial charge in [0.2, 0.25) is 0 Å². The van der Waals surface area contributed by atoms with Crippen LogP contribution in [0.1, 0.15) is 33.6 Å². The highest BCUT2D eigenvalue weighted by Crippen LogP contribution is 2.26. The molecule has 0 aromatic rings. The molecule has 3 heteroatoms. The number of likely N-dealkylation sites (tertiary alicyclic amines) is 1. The lowest BCUT2D eigenvalue weighted by Gasteiger charge is -2.33. The highest BCUT2D eigenvalue weighted by Gasteiger charge is 2.33. The minimum atomic E-state index is -0.0304. The number of fused-ring (bicyclic) bond motifs is 2. The average Bonchev–Trinajstić information content (AvgIpc) is 2.41. The third-order valence-electron chi connectivity index (χ3n) is 2.80. The Balaban J connectivity index is 1.77. The first-order valence-corrected chi connectivity index (χ1v) is 5.55. The van der Waals surface area contributed by atoms with Crippen LogP contribution in [0.2, 0.25) is 0 Å². The summed E-state index contributed by atoms with van der Waals surface area (Å²) in [5.74, 6) is 0. The molecule has 2 rings (SSSR count). The molecule has 2 aliphatic heterocycles. The Hall–Kier alpha value is -0.120. The molecule has 2 unspecified atom stereocenters. The third-order valence-corrected chi connectivity index (χ3v) is 2.80. The lowest BCUT2D eigenvalue weighted by atomic mass is 10.2. The monoisotopic (exact) mass is 199 g/mol. The smallest absolute Gasteiger partial charge is 0.0999 e. The van der Waals surface area contributed by atoms with E-state index in [0.29, 0.717) is 12.2 Å². The second-order valence-corrected chi connectivity index (χ2v) is 5.38. The molecule has 0 aliphatic carbocycles. The summed E-state index contributed by atoms with van der Waals surface area (Å²) in [6, 6.07) is 0. The first-order valence-electron chi connectivity index (χ1n) is 5.55. The maximum absolute atomic E-state index is 5.76. The number of hydrogen-bond donors (Lipinski definition) is 0. The Kier molecular flexibility index (Phi) is 2.82. The summed E-state index contributed by atoms with van der Waals surface area (Å²) in [6.45, 7) is 9.14. The van der Waals surface area contributed by atoms with Crippen molar-refractivity contribution in [3.63, 3.8) is 0 Å². The van der Waals surface area contributed by atoms with Crippen LogP contribution in [-0.4, -0.2) is 42.5 Å². The molecule has 82 valence electrons. The fourth-order valence-electron chi connectivity index (χ4n) is 2.09. The predicted octanol–water partition coefficient (Wildman–Crippen LogP) is 1.62. The zero-order valence-corrected chi connectivity index (χ0v) is 9.45. The van der Waals surface area contributed by atoms with Crippen molar-refractivity contribution in [1.29, 1.82) is 0 Å². The standard InChI is InChI=1S/C11H21NO2/c1-11(2,3)13-8-12-6-9-4-5-10(7-12)14-9/h9-10H,4-8H2,1-3H3. The van der Waals surface area contributed by atoms with Gasteiger partial charge in [0, 0.05) is 13.1 Å². The normalized spacial score (nSPS) is 33.6. The molecule has 2 bridgehead atoms. The van der Waals surface area contributed by atoms with Crippen LogP contribution >= 0.6 is 0 Å². The minimum Gasteiger partial charge on any atom is -0.372 e. The van der Waals surface area contributed by atoms with Crippen LogP contribution in [0.25, 0.3) is 0 Å². The van der Waals surface area contributed by atoms with Crippen molar-refractivity contribution in [3.8, 4) is 0 Å². The zero-order valence-electron chi connectivity index (χ0n) is 9.45. The van der Waals surface area contributed by atoms with Crippen molar-refractivity contribution in [3.05, 3.63) is 0 Å². The largest absolute Gasteiger partial charge is 0.372 e. The first kappa shape index (κ1) is 10.4. The fraction of sp³-hybridized carbons (Fsp3) is 1.00. The molecular weight excluding hydrogens is 178 g/mol. The van der Waals surface area contributed by atoms with Gasteiger partial charge in [-0.3, -0.25) is 4.90 Å². The van der Waals surface area contributed by atoms with Crippen LogP contribution in [0.15, 0.2) is 0 Å². The van der Waals surface area contributed by atoms with Crippen molar-refractivity contribution >= 4 is 0 Å². The molecule has 0 saturated carbocycles. The Labute approximate surface area is 86.4 Å². The number of rotatable bonds is 2. The van der Waals surface area contributed by atoms with E-state index in [1.807, 2.05) is 0 Å². The lowest BCUT2D eigenvalue weighted by Crippen LogP contribution is -2.44. The molecule has 0 amide bonds. The molecule has 2 fully saturated rings. The van der Waals surface area contributed by atoms with Crippen molar-refractivity contribution in [2.45, 2.75) is 51.4 Å². The Morgan fingerprint density at radius 3 is 2.29 bits per heavy atom. The summed E-state index contributed by atoms with van der Waals surface area (Å²) < 4.78 is 11.5. The van der Waals surface area contributed by atoms with Gasteiger partial charge in [0.1, 0.15) is 0 Å². The summed E-state index contributed by atoms with van der Waals surface area (Å²) in [6.07, 6.45) is 3.41. The van der Waals surface area contributed by atoms with Crippen molar-refractivity contribution < 1.29 is 9.47 Å². The average molecular weight is 199 g/mol. The highest BCUT2D eigenvalue weighted by molar-refractivity contribution is 4.83. The zero-order chi connectivity index (χ0) is 10.2. The van der Waals surface area contributed by atoms with Gasteiger partial charge in [-0.2, -0.15) is 0 Å². The van der Waals surface area contributed by atoms with Gasteiger partial charge in [-0.15, -0.1) is 0 Å². The number of nitrogens with zero attached hydrogens (tertiary/aromatic N) is 1. The summed E-state index contributed by atoms with van der Waals surface area (Å²) >= 11 is 0. The highest BCUT2D eigenvalue weighted by atomic mass is 16.5. The summed E-state index contributed by atoms with van der Waals surface area (Å²) in [7, 11) is 0. The van der Waals surface area contributed by atoms with Gasteiger partial charge in [-0.25, -0.2) is 0 Å². The number of ether oxygens (including phenoxy) is 2. The molecule has 0 aromatic carbocycles. The first-order chi connectivity index (χ1) is 6.53. The van der Waals surface area contributed by atoms with Gasteiger partial charge in [0.15, 0.2) is 0 Å². The van der Waals surface area contributed by atoms with Crippen LogP contribution in [0.3, 0.4) is 0 Å². The summed E-state index contributed by atoms with van der Waals surface area (Å²) in [4.78, 5) is 2.37. The predicted molar refractivity (Wildman–Crippen MR) is 55.2 cm³/mol. The summed E-state index contributed by atoms with van der Waals surface area (Å²) in [5, 5.41) is 0. The van der Waals surface area contributed by atoms with E-state index in [2.05, 4.69) is 25.7 Å². The summed E-state index contributed by atoms with van der Waals surface area (Å²) in [5.41, 5.74) is -0.0304. The van der Waals surface area contributed by atoms with E-state index in [1.165, 1.54) is 12.8 Å².